The molecule has 1 aliphatic heterocycles. The fraction of sp³-hybridized carbons (Fsp3) is 0.355. The number of hydrogen-bond donors (Lipinski definition) is 1. The molecule has 1 N–H and O–H groups in total. The number of fused-ring (bicyclic) bond motifs is 1. The van der Waals surface area contributed by atoms with Crippen LogP contribution in [0.4, 0.5) is 26.3 Å². The molecular formula is C31H29F6NO3. The van der Waals surface area contributed by atoms with E-state index in [1.54, 1.807) is 30.3 Å². The lowest BCUT2D eigenvalue weighted by molar-refractivity contribution is -0.274. The molecule has 1 atom stereocenters. The number of nitrogens with zero attached hydrogens (tertiary/aromatic N) is 1. The first-order chi connectivity index (χ1) is 19.6. The third kappa shape index (κ3) is 6.64. The summed E-state index contributed by atoms with van der Waals surface area (Å²) in [5, 5.41) is 10.0. The molecule has 0 amide bonds. The highest BCUT2D eigenvalue weighted by Crippen LogP contribution is 2.43. The molecule has 10 heteroatoms. The highest BCUT2D eigenvalue weighted by Gasteiger charge is 2.32. The Morgan fingerprint density at radius 3 is 2.37 bits per heavy atom. The predicted octanol–water partition coefficient (Wildman–Crippen LogP) is 7.68. The van der Waals surface area contributed by atoms with Crippen LogP contribution in [0, 0.1) is 11.6 Å². The summed E-state index contributed by atoms with van der Waals surface area (Å²) in [6, 6.07) is 12.9. The maximum atomic E-state index is 15.3. The standard InChI is InChI=1S/C31H29F6NO3/c32-14-2-15-38-16-13-22(18-38)40-20-7-5-19(6-8-20)29-24(3-1-4-26-25(29)11-12-28(39)30(26)34)23-10-9-21(17-27(23)33)41-31(35,36)37/h5-12,17,22,39H,1-4,13-16,18H2/t22-/m0/s1. The van der Waals surface area contributed by atoms with Gasteiger partial charge in [-0.25, -0.2) is 8.78 Å². The van der Waals surface area contributed by atoms with Gasteiger partial charge in [-0.15, -0.1) is 13.2 Å². The van der Waals surface area contributed by atoms with Gasteiger partial charge in [0.05, 0.1) is 6.67 Å². The number of hydrogen-bond acceptors (Lipinski definition) is 4. The normalized spacial score (nSPS) is 17.9. The number of rotatable bonds is 8. The topological polar surface area (TPSA) is 41.9 Å². The van der Waals surface area contributed by atoms with E-state index in [4.69, 9.17) is 4.74 Å². The van der Waals surface area contributed by atoms with Gasteiger partial charge in [-0.1, -0.05) is 18.2 Å². The summed E-state index contributed by atoms with van der Waals surface area (Å²) in [6.45, 7) is 1.84. The van der Waals surface area contributed by atoms with Gasteiger partial charge in [0.2, 0.25) is 0 Å². The predicted molar refractivity (Wildman–Crippen MR) is 143 cm³/mol. The summed E-state index contributed by atoms with van der Waals surface area (Å²) < 4.78 is 91.0. The Bertz CT molecular complexity index is 1420. The second kappa shape index (κ2) is 12.1. The minimum Gasteiger partial charge on any atom is -0.505 e. The molecule has 1 saturated heterocycles. The third-order valence-electron chi connectivity index (χ3n) is 7.43. The number of aromatic hydroxyl groups is 1. The zero-order chi connectivity index (χ0) is 29.1. The molecule has 1 heterocycles. The second-order valence-electron chi connectivity index (χ2n) is 10.2. The summed E-state index contributed by atoms with van der Waals surface area (Å²) in [5.74, 6) is -2.22. The lowest BCUT2D eigenvalue weighted by Gasteiger charge is -2.19. The summed E-state index contributed by atoms with van der Waals surface area (Å²) in [4.78, 5) is 2.15. The van der Waals surface area contributed by atoms with Crippen LogP contribution in [-0.2, 0) is 6.42 Å². The summed E-state index contributed by atoms with van der Waals surface area (Å²) in [5.41, 5.74) is 2.48. The molecule has 3 aromatic rings. The molecule has 4 nitrogen and oxygen atoms in total. The molecule has 3 aromatic carbocycles. The van der Waals surface area contributed by atoms with Crippen molar-refractivity contribution in [3.05, 3.63) is 88.5 Å². The van der Waals surface area contributed by atoms with Crippen molar-refractivity contribution in [1.82, 2.24) is 4.90 Å². The largest absolute Gasteiger partial charge is 0.573 e. The van der Waals surface area contributed by atoms with Crippen LogP contribution in [-0.4, -0.2) is 48.8 Å². The maximum Gasteiger partial charge on any atom is 0.573 e. The Balaban J connectivity index is 1.52. The van der Waals surface area contributed by atoms with E-state index in [1.807, 2.05) is 0 Å². The first kappa shape index (κ1) is 28.9. The summed E-state index contributed by atoms with van der Waals surface area (Å²) in [7, 11) is 0. The number of phenolic OH excluding ortho intramolecular Hbond substituents is 1. The Morgan fingerprint density at radius 1 is 0.927 bits per heavy atom. The molecule has 1 aliphatic carbocycles. The number of likely N-dealkylation sites (tertiary alicyclic amines) is 1. The summed E-state index contributed by atoms with van der Waals surface area (Å²) >= 11 is 0. The molecule has 2 aliphatic rings. The van der Waals surface area contributed by atoms with E-state index in [0.717, 1.165) is 19.0 Å². The van der Waals surface area contributed by atoms with Crippen molar-refractivity contribution in [2.75, 3.05) is 26.3 Å². The number of alkyl halides is 4. The Labute approximate surface area is 233 Å². The highest BCUT2D eigenvalue weighted by atomic mass is 19.4. The molecule has 0 aromatic heterocycles. The van der Waals surface area contributed by atoms with Crippen molar-refractivity contribution in [3.8, 4) is 17.2 Å². The second-order valence-corrected chi connectivity index (χ2v) is 10.2. The average molecular weight is 578 g/mol. The molecule has 0 radical (unpaired) electrons. The monoisotopic (exact) mass is 577 g/mol. The Morgan fingerprint density at radius 2 is 1.66 bits per heavy atom. The zero-order valence-electron chi connectivity index (χ0n) is 22.1. The van der Waals surface area contributed by atoms with Gasteiger partial charge in [-0.05, 0) is 90.3 Å². The van der Waals surface area contributed by atoms with Crippen LogP contribution in [0.2, 0.25) is 0 Å². The van der Waals surface area contributed by atoms with Crippen LogP contribution in [0.25, 0.3) is 11.1 Å². The third-order valence-corrected chi connectivity index (χ3v) is 7.43. The first-order valence-electron chi connectivity index (χ1n) is 13.5. The Hall–Kier alpha value is -3.66. The molecule has 1 fully saturated rings. The van der Waals surface area contributed by atoms with E-state index in [0.29, 0.717) is 66.4 Å². The van der Waals surface area contributed by atoms with E-state index < -0.39 is 29.5 Å². The fourth-order valence-corrected chi connectivity index (χ4v) is 5.63. The zero-order valence-corrected chi connectivity index (χ0v) is 22.1. The Kier molecular flexibility index (Phi) is 8.49. The van der Waals surface area contributed by atoms with Gasteiger partial charge in [0.1, 0.15) is 23.4 Å². The van der Waals surface area contributed by atoms with Gasteiger partial charge in [0, 0.05) is 31.3 Å². The van der Waals surface area contributed by atoms with Gasteiger partial charge >= 0.3 is 6.36 Å². The van der Waals surface area contributed by atoms with E-state index >= 15 is 8.78 Å². The lowest BCUT2D eigenvalue weighted by Crippen LogP contribution is -2.26. The van der Waals surface area contributed by atoms with E-state index in [9.17, 15) is 22.7 Å². The number of allylic oxidation sites excluding steroid dienone is 1. The van der Waals surface area contributed by atoms with E-state index in [1.165, 1.54) is 12.1 Å². The van der Waals surface area contributed by atoms with Crippen LogP contribution in [0.3, 0.4) is 0 Å². The fourth-order valence-electron chi connectivity index (χ4n) is 5.63. The quantitative estimate of drug-likeness (QED) is 0.279. The smallest absolute Gasteiger partial charge is 0.505 e. The maximum absolute atomic E-state index is 15.3. The SMILES string of the molecule is Oc1ccc2c(c1F)CCCC(c1ccc(OC(F)(F)F)cc1F)=C2c1ccc(O[C@H]2CCN(CCCF)C2)cc1. The molecular weight excluding hydrogens is 548 g/mol. The molecule has 41 heavy (non-hydrogen) atoms. The molecule has 5 rings (SSSR count). The van der Waals surface area contributed by atoms with Crippen molar-refractivity contribution in [2.24, 2.45) is 0 Å². The molecule has 0 bridgehead atoms. The molecule has 218 valence electrons. The molecule has 0 saturated carbocycles. The van der Waals surface area contributed by atoms with Gasteiger partial charge in [-0.3, -0.25) is 9.29 Å². The lowest BCUT2D eigenvalue weighted by atomic mass is 9.87. The van der Waals surface area contributed by atoms with Crippen molar-refractivity contribution < 1.29 is 40.9 Å². The van der Waals surface area contributed by atoms with Gasteiger partial charge < -0.3 is 14.6 Å². The van der Waals surface area contributed by atoms with Crippen LogP contribution in [0.1, 0.15) is 47.9 Å². The van der Waals surface area contributed by atoms with Crippen LogP contribution in [0.15, 0.2) is 54.6 Å². The summed E-state index contributed by atoms with van der Waals surface area (Å²) in [6.07, 6.45) is -2.69. The van der Waals surface area contributed by atoms with Gasteiger partial charge in [-0.2, -0.15) is 0 Å². The molecule has 0 spiro atoms. The number of phenols is 1. The number of ether oxygens (including phenoxy) is 2. The number of benzene rings is 3. The van der Waals surface area contributed by atoms with Crippen LogP contribution >= 0.6 is 0 Å². The first-order valence-corrected chi connectivity index (χ1v) is 13.5. The minimum absolute atomic E-state index is 0.0440. The number of halogens is 6. The van der Waals surface area contributed by atoms with Crippen molar-refractivity contribution in [2.45, 2.75) is 44.6 Å². The van der Waals surface area contributed by atoms with Crippen molar-refractivity contribution in [1.29, 1.82) is 0 Å². The molecule has 0 unspecified atom stereocenters. The van der Waals surface area contributed by atoms with Gasteiger partial charge in [0.15, 0.2) is 11.6 Å². The van der Waals surface area contributed by atoms with Gasteiger partial charge in [0.25, 0.3) is 0 Å². The van der Waals surface area contributed by atoms with E-state index in [-0.39, 0.29) is 30.3 Å². The van der Waals surface area contributed by atoms with Crippen molar-refractivity contribution >= 4 is 11.1 Å². The average Bonchev–Trinajstić information content (AvgIpc) is 3.28. The van der Waals surface area contributed by atoms with E-state index in [2.05, 4.69) is 9.64 Å². The van der Waals surface area contributed by atoms with Crippen LogP contribution < -0.4 is 9.47 Å². The van der Waals surface area contributed by atoms with Crippen molar-refractivity contribution in [3.63, 3.8) is 0 Å². The van der Waals surface area contributed by atoms with Crippen LogP contribution in [0.5, 0.6) is 17.2 Å². The minimum atomic E-state index is -4.96. The highest BCUT2D eigenvalue weighted by molar-refractivity contribution is 6.00.